The first-order valence-corrected chi connectivity index (χ1v) is 6.55. The first-order valence-electron chi connectivity index (χ1n) is 5.73. The lowest BCUT2D eigenvalue weighted by atomic mass is 10.2. The molecule has 0 fully saturated rings. The van der Waals surface area contributed by atoms with Gasteiger partial charge in [-0.3, -0.25) is 0 Å². The van der Waals surface area contributed by atoms with Gasteiger partial charge in [0, 0.05) is 6.07 Å². The van der Waals surface area contributed by atoms with E-state index in [4.69, 9.17) is 4.74 Å². The Kier molecular flexibility index (Phi) is 4.29. The smallest absolute Gasteiger partial charge is 0.416 e. The van der Waals surface area contributed by atoms with E-state index in [1.165, 1.54) is 0 Å². The molecule has 2 aromatic rings. The Balaban J connectivity index is 2.26. The van der Waals surface area contributed by atoms with E-state index < -0.39 is 17.6 Å². The highest BCUT2D eigenvalue weighted by atomic mass is 31.0. The van der Waals surface area contributed by atoms with Crippen LogP contribution in [0.2, 0.25) is 0 Å². The van der Waals surface area contributed by atoms with E-state index in [1.54, 1.807) is 24.3 Å². The van der Waals surface area contributed by atoms with Gasteiger partial charge < -0.3 is 4.74 Å². The summed E-state index contributed by atoms with van der Waals surface area (Å²) in [4.78, 5) is 0. The molecule has 2 rings (SSSR count). The molecule has 0 spiro atoms. The highest BCUT2D eigenvalue weighted by molar-refractivity contribution is 7.15. The Bertz CT molecular complexity index is 593. The summed E-state index contributed by atoms with van der Waals surface area (Å²) in [6.07, 6.45) is -3.85. The molecule has 0 saturated heterocycles. The van der Waals surface area contributed by atoms with Gasteiger partial charge in [-0.2, -0.15) is 13.2 Å². The highest BCUT2D eigenvalue weighted by Crippen LogP contribution is 2.33. The zero-order valence-corrected chi connectivity index (χ0v) is 11.4. The zero-order chi connectivity index (χ0) is 14.8. The highest BCUT2D eigenvalue weighted by Gasteiger charge is 2.31. The minimum absolute atomic E-state index is 0.184. The summed E-state index contributed by atoms with van der Waals surface area (Å²) in [6, 6.07) is 8.93. The van der Waals surface area contributed by atoms with Crippen molar-refractivity contribution in [3.8, 4) is 11.5 Å². The SMILES string of the molecule is Fc1cc(Oc2ccc(CP)cc2)cc(C(F)(F)F)c1. The Morgan fingerprint density at radius 1 is 0.950 bits per heavy atom. The van der Waals surface area contributed by atoms with Crippen molar-refractivity contribution in [2.45, 2.75) is 12.3 Å². The lowest BCUT2D eigenvalue weighted by Crippen LogP contribution is -2.05. The summed E-state index contributed by atoms with van der Waals surface area (Å²) in [7, 11) is 2.56. The zero-order valence-electron chi connectivity index (χ0n) is 10.2. The topological polar surface area (TPSA) is 9.23 Å². The van der Waals surface area contributed by atoms with Crippen LogP contribution in [0.1, 0.15) is 11.1 Å². The minimum Gasteiger partial charge on any atom is -0.457 e. The fourth-order valence-corrected chi connectivity index (χ4v) is 1.89. The molecule has 0 radical (unpaired) electrons. The summed E-state index contributed by atoms with van der Waals surface area (Å²) in [5.41, 5.74) is -0.0355. The third-order valence-electron chi connectivity index (χ3n) is 2.59. The number of rotatable bonds is 3. The monoisotopic (exact) mass is 302 g/mol. The van der Waals surface area contributed by atoms with Gasteiger partial charge in [0.1, 0.15) is 17.3 Å². The molecule has 20 heavy (non-hydrogen) atoms. The molecule has 2 aromatic carbocycles. The van der Waals surface area contributed by atoms with E-state index in [0.717, 1.165) is 23.9 Å². The van der Waals surface area contributed by atoms with Crippen LogP contribution in [0.4, 0.5) is 17.6 Å². The minimum atomic E-state index is -4.61. The van der Waals surface area contributed by atoms with E-state index in [2.05, 4.69) is 9.24 Å². The van der Waals surface area contributed by atoms with Crippen LogP contribution in [0, 0.1) is 5.82 Å². The van der Waals surface area contributed by atoms with Gasteiger partial charge in [-0.05, 0) is 36.0 Å². The summed E-state index contributed by atoms with van der Waals surface area (Å²) in [5.74, 6) is -0.821. The third kappa shape index (κ3) is 3.70. The van der Waals surface area contributed by atoms with Crippen LogP contribution in [0.15, 0.2) is 42.5 Å². The standard InChI is InChI=1S/C14H11F4OP/c15-11-5-10(14(16,17)18)6-13(7-11)19-12-3-1-9(8-20)2-4-12/h1-7H,8,20H2. The number of ether oxygens (including phenoxy) is 1. The normalized spacial score (nSPS) is 11.4. The average molecular weight is 302 g/mol. The second-order valence-corrected chi connectivity index (χ2v) is 4.53. The van der Waals surface area contributed by atoms with Crippen molar-refractivity contribution < 1.29 is 22.3 Å². The maximum Gasteiger partial charge on any atom is 0.416 e. The van der Waals surface area contributed by atoms with Gasteiger partial charge in [-0.1, -0.05) is 12.1 Å². The van der Waals surface area contributed by atoms with Crippen molar-refractivity contribution in [2.24, 2.45) is 0 Å². The lowest BCUT2D eigenvalue weighted by molar-refractivity contribution is -0.137. The quantitative estimate of drug-likeness (QED) is 0.572. The van der Waals surface area contributed by atoms with Gasteiger partial charge in [-0.15, -0.1) is 9.24 Å². The van der Waals surface area contributed by atoms with Gasteiger partial charge in [0.15, 0.2) is 0 Å². The molecular formula is C14H11F4OP. The maximum atomic E-state index is 13.2. The first-order chi connectivity index (χ1) is 9.38. The molecule has 106 valence electrons. The molecule has 0 aliphatic rings. The Hall–Kier alpha value is -1.61. The molecule has 0 amide bonds. The molecule has 0 saturated carbocycles. The molecule has 0 N–H and O–H groups in total. The van der Waals surface area contributed by atoms with Crippen LogP contribution in [-0.2, 0) is 12.3 Å². The molecular weight excluding hydrogens is 291 g/mol. The van der Waals surface area contributed by atoms with Gasteiger partial charge in [0.05, 0.1) is 5.56 Å². The lowest BCUT2D eigenvalue weighted by Gasteiger charge is -2.11. The van der Waals surface area contributed by atoms with Gasteiger partial charge >= 0.3 is 6.18 Å². The van der Waals surface area contributed by atoms with Crippen LogP contribution in [0.25, 0.3) is 0 Å². The molecule has 1 unspecified atom stereocenters. The van der Waals surface area contributed by atoms with Crippen LogP contribution >= 0.6 is 9.24 Å². The Labute approximate surface area is 115 Å². The van der Waals surface area contributed by atoms with Gasteiger partial charge in [0.25, 0.3) is 0 Å². The summed E-state index contributed by atoms with van der Waals surface area (Å²) < 4.78 is 56.1. The molecule has 1 atom stereocenters. The van der Waals surface area contributed by atoms with Crippen LogP contribution in [0.5, 0.6) is 11.5 Å². The van der Waals surface area contributed by atoms with Crippen molar-refractivity contribution in [3.63, 3.8) is 0 Å². The van der Waals surface area contributed by atoms with E-state index in [9.17, 15) is 17.6 Å². The number of alkyl halides is 3. The van der Waals surface area contributed by atoms with Crippen LogP contribution in [-0.4, -0.2) is 0 Å². The van der Waals surface area contributed by atoms with Crippen molar-refractivity contribution in [1.29, 1.82) is 0 Å². The number of hydrogen-bond donors (Lipinski definition) is 0. The largest absolute Gasteiger partial charge is 0.457 e. The second-order valence-electron chi connectivity index (χ2n) is 4.12. The van der Waals surface area contributed by atoms with E-state index >= 15 is 0 Å². The summed E-state index contributed by atoms with van der Waals surface area (Å²) in [6.45, 7) is 0. The van der Waals surface area contributed by atoms with Crippen molar-refractivity contribution in [3.05, 3.63) is 59.4 Å². The number of halogens is 4. The van der Waals surface area contributed by atoms with E-state index in [-0.39, 0.29) is 5.75 Å². The van der Waals surface area contributed by atoms with Gasteiger partial charge in [-0.25, -0.2) is 4.39 Å². The first kappa shape index (κ1) is 14.8. The predicted octanol–water partition coefficient (Wildman–Crippen LogP) is 5.01. The molecule has 0 aliphatic heterocycles. The summed E-state index contributed by atoms with van der Waals surface area (Å²) in [5, 5.41) is 0. The van der Waals surface area contributed by atoms with Crippen LogP contribution < -0.4 is 4.74 Å². The molecule has 6 heteroatoms. The number of hydrogen-bond acceptors (Lipinski definition) is 1. The van der Waals surface area contributed by atoms with Gasteiger partial charge in [0.2, 0.25) is 0 Å². The van der Waals surface area contributed by atoms with Crippen LogP contribution in [0.3, 0.4) is 0 Å². The fourth-order valence-electron chi connectivity index (χ4n) is 1.61. The van der Waals surface area contributed by atoms with E-state index in [1.807, 2.05) is 0 Å². The Morgan fingerprint density at radius 2 is 1.60 bits per heavy atom. The Morgan fingerprint density at radius 3 is 2.15 bits per heavy atom. The molecule has 0 aromatic heterocycles. The average Bonchev–Trinajstić information content (AvgIpc) is 2.38. The molecule has 0 bridgehead atoms. The molecule has 1 nitrogen and oxygen atoms in total. The maximum absolute atomic E-state index is 13.2. The van der Waals surface area contributed by atoms with Crippen molar-refractivity contribution in [2.75, 3.05) is 0 Å². The second kappa shape index (κ2) is 5.80. The molecule has 0 heterocycles. The molecule has 0 aliphatic carbocycles. The third-order valence-corrected chi connectivity index (χ3v) is 3.06. The predicted molar refractivity (Wildman–Crippen MR) is 71.3 cm³/mol. The fraction of sp³-hybridized carbons (Fsp3) is 0.143. The number of benzene rings is 2. The summed E-state index contributed by atoms with van der Waals surface area (Å²) >= 11 is 0. The van der Waals surface area contributed by atoms with E-state index in [0.29, 0.717) is 11.8 Å². The van der Waals surface area contributed by atoms with Crippen molar-refractivity contribution >= 4 is 9.24 Å². The van der Waals surface area contributed by atoms with Crippen molar-refractivity contribution in [1.82, 2.24) is 0 Å².